The Hall–Kier alpha value is -1.57. The van der Waals surface area contributed by atoms with E-state index in [0.29, 0.717) is 40.6 Å². The van der Waals surface area contributed by atoms with E-state index in [1.807, 2.05) is 18.2 Å². The van der Waals surface area contributed by atoms with Crippen LogP contribution in [0.5, 0.6) is 0 Å². The van der Waals surface area contributed by atoms with E-state index in [-0.39, 0.29) is 23.9 Å². The minimum Gasteiger partial charge on any atom is -0.356 e. The van der Waals surface area contributed by atoms with E-state index >= 15 is 0 Å². The summed E-state index contributed by atoms with van der Waals surface area (Å²) in [5.74, 6) is 2.63. The van der Waals surface area contributed by atoms with Crippen LogP contribution in [0.25, 0.3) is 10.9 Å². The summed E-state index contributed by atoms with van der Waals surface area (Å²) in [5.41, 5.74) is 0.594. The van der Waals surface area contributed by atoms with Gasteiger partial charge in [-0.3, -0.25) is 9.59 Å². The summed E-state index contributed by atoms with van der Waals surface area (Å²) < 4.78 is 0. The number of carbonyl (C=O) groups is 1. The zero-order valence-electron chi connectivity index (χ0n) is 13.2. The Balaban J connectivity index is 0.00000208. The lowest BCUT2D eigenvalue weighted by Crippen LogP contribution is -2.48. The van der Waals surface area contributed by atoms with Crippen molar-refractivity contribution in [2.45, 2.75) is 12.2 Å². The maximum atomic E-state index is 11.9. The van der Waals surface area contributed by atoms with Crippen LogP contribution in [0.4, 0.5) is 0 Å². The summed E-state index contributed by atoms with van der Waals surface area (Å²) in [6.07, 6.45) is 0.489. The van der Waals surface area contributed by atoms with Gasteiger partial charge in [0, 0.05) is 37.7 Å². The highest BCUT2D eigenvalue weighted by Gasteiger charge is 2.16. The molecule has 2 heterocycles. The van der Waals surface area contributed by atoms with E-state index in [1.165, 1.54) is 0 Å². The maximum absolute atomic E-state index is 11.9. The first-order chi connectivity index (χ1) is 11.2. The number of carbonyl (C=O) groups excluding carboxylic acids is 1. The molecule has 2 aromatic rings. The number of fused-ring (bicyclic) bond motifs is 1. The second kappa shape index (κ2) is 9.05. The third-order valence-electron chi connectivity index (χ3n) is 3.83. The average molecular weight is 369 g/mol. The van der Waals surface area contributed by atoms with E-state index in [1.54, 1.807) is 17.8 Å². The minimum absolute atomic E-state index is 0. The highest BCUT2D eigenvalue weighted by Crippen LogP contribution is 2.12. The number of hydrogen-bond donors (Lipinski definition) is 3. The van der Waals surface area contributed by atoms with Crippen molar-refractivity contribution in [2.75, 3.05) is 25.4 Å². The molecule has 1 saturated heterocycles. The number of rotatable bonds is 7. The molecule has 3 rings (SSSR count). The molecule has 0 unspecified atom stereocenters. The first-order valence-electron chi connectivity index (χ1n) is 7.75. The third kappa shape index (κ3) is 4.96. The van der Waals surface area contributed by atoms with Crippen molar-refractivity contribution < 1.29 is 4.79 Å². The van der Waals surface area contributed by atoms with Gasteiger partial charge in [0.2, 0.25) is 5.91 Å². The van der Waals surface area contributed by atoms with Gasteiger partial charge in [0.25, 0.3) is 5.56 Å². The van der Waals surface area contributed by atoms with Crippen molar-refractivity contribution in [3.63, 3.8) is 0 Å². The summed E-state index contributed by atoms with van der Waals surface area (Å²) in [5, 5.41) is 6.73. The van der Waals surface area contributed by atoms with E-state index < -0.39 is 0 Å². The molecule has 24 heavy (non-hydrogen) atoms. The number of nitrogens with one attached hydrogen (secondary N) is 3. The van der Waals surface area contributed by atoms with Gasteiger partial charge in [-0.2, -0.15) is 11.8 Å². The number of amides is 1. The molecule has 1 amide bonds. The number of nitrogens with zero attached hydrogens (tertiary/aromatic N) is 1. The van der Waals surface area contributed by atoms with Crippen LogP contribution in [-0.4, -0.2) is 41.3 Å². The van der Waals surface area contributed by atoms with Crippen LogP contribution >= 0.6 is 24.2 Å². The number of aromatic nitrogens is 2. The van der Waals surface area contributed by atoms with Gasteiger partial charge in [-0.05, 0) is 12.1 Å². The first kappa shape index (κ1) is 18.8. The molecular formula is C16H21ClN4O2S. The molecule has 0 spiro atoms. The Morgan fingerprint density at radius 1 is 1.33 bits per heavy atom. The number of thioether (sulfide) groups is 1. The predicted molar refractivity (Wildman–Crippen MR) is 99.8 cm³/mol. The molecule has 130 valence electrons. The zero-order chi connectivity index (χ0) is 16.1. The van der Waals surface area contributed by atoms with Crippen molar-refractivity contribution in [1.82, 2.24) is 20.6 Å². The minimum atomic E-state index is -0.113. The lowest BCUT2D eigenvalue weighted by molar-refractivity contribution is -0.120. The van der Waals surface area contributed by atoms with Gasteiger partial charge in [0.1, 0.15) is 5.82 Å². The lowest BCUT2D eigenvalue weighted by atomic mass is 10.0. The molecule has 1 fully saturated rings. The summed E-state index contributed by atoms with van der Waals surface area (Å²) in [4.78, 5) is 30.9. The van der Waals surface area contributed by atoms with E-state index in [2.05, 4.69) is 20.6 Å². The molecule has 0 radical (unpaired) electrons. The Labute approximate surface area is 150 Å². The van der Waals surface area contributed by atoms with Crippen LogP contribution in [0.2, 0.25) is 0 Å². The molecule has 1 aliphatic rings. The average Bonchev–Trinajstić information content (AvgIpc) is 2.50. The van der Waals surface area contributed by atoms with E-state index in [4.69, 9.17) is 0 Å². The first-order valence-corrected chi connectivity index (χ1v) is 8.91. The van der Waals surface area contributed by atoms with Crippen LogP contribution in [0.15, 0.2) is 29.1 Å². The summed E-state index contributed by atoms with van der Waals surface area (Å²) >= 11 is 1.60. The Morgan fingerprint density at radius 3 is 2.88 bits per heavy atom. The monoisotopic (exact) mass is 368 g/mol. The SMILES string of the molecule is Cl.O=C(CCSCc1nc2ccccc2c(=O)[nH]1)NCC1CNC1. The highest BCUT2D eigenvalue weighted by molar-refractivity contribution is 7.98. The standard InChI is InChI=1S/C16H20N4O2S.ClH/c21-15(18-9-11-7-17-8-11)5-6-23-10-14-19-13-4-2-1-3-12(13)16(22)20-14;/h1-4,11,17H,5-10H2,(H,18,21)(H,19,20,22);1H. The van der Waals surface area contributed by atoms with Crippen molar-refractivity contribution >= 4 is 41.0 Å². The topological polar surface area (TPSA) is 86.9 Å². The fourth-order valence-electron chi connectivity index (χ4n) is 2.38. The molecule has 0 aliphatic carbocycles. The molecule has 1 aliphatic heterocycles. The van der Waals surface area contributed by atoms with Crippen molar-refractivity contribution in [1.29, 1.82) is 0 Å². The zero-order valence-corrected chi connectivity index (χ0v) is 14.8. The Morgan fingerprint density at radius 2 is 2.12 bits per heavy atom. The van der Waals surface area contributed by atoms with Crippen LogP contribution < -0.4 is 16.2 Å². The molecule has 0 saturated carbocycles. The highest BCUT2D eigenvalue weighted by atomic mass is 35.5. The summed E-state index contributed by atoms with van der Waals surface area (Å²) in [6.45, 7) is 2.75. The van der Waals surface area contributed by atoms with Gasteiger partial charge < -0.3 is 15.6 Å². The van der Waals surface area contributed by atoms with Crippen LogP contribution in [0.1, 0.15) is 12.2 Å². The molecule has 0 atom stereocenters. The smallest absolute Gasteiger partial charge is 0.258 e. The summed E-state index contributed by atoms with van der Waals surface area (Å²) in [7, 11) is 0. The second-order valence-corrected chi connectivity index (χ2v) is 6.77. The molecule has 0 bridgehead atoms. The number of benzene rings is 1. The van der Waals surface area contributed by atoms with E-state index in [9.17, 15) is 9.59 Å². The number of aromatic amines is 1. The molecule has 6 nitrogen and oxygen atoms in total. The molecule has 8 heteroatoms. The van der Waals surface area contributed by atoms with Gasteiger partial charge in [-0.1, -0.05) is 12.1 Å². The Bertz CT molecular complexity index is 748. The van der Waals surface area contributed by atoms with Gasteiger partial charge in [0.05, 0.1) is 16.7 Å². The molecule has 3 N–H and O–H groups in total. The van der Waals surface area contributed by atoms with Crippen LogP contribution in [-0.2, 0) is 10.5 Å². The van der Waals surface area contributed by atoms with Gasteiger partial charge >= 0.3 is 0 Å². The largest absolute Gasteiger partial charge is 0.356 e. The Kier molecular flexibility index (Phi) is 7.08. The number of hydrogen-bond acceptors (Lipinski definition) is 5. The van der Waals surface area contributed by atoms with Crippen molar-refractivity contribution in [2.24, 2.45) is 5.92 Å². The van der Waals surface area contributed by atoms with Gasteiger partial charge in [-0.25, -0.2) is 4.98 Å². The predicted octanol–water partition coefficient (Wildman–Crippen LogP) is 1.30. The van der Waals surface area contributed by atoms with Crippen molar-refractivity contribution in [3.05, 3.63) is 40.4 Å². The van der Waals surface area contributed by atoms with Crippen molar-refractivity contribution in [3.8, 4) is 0 Å². The normalized spacial score (nSPS) is 14.0. The van der Waals surface area contributed by atoms with Gasteiger partial charge in [-0.15, -0.1) is 12.4 Å². The number of para-hydroxylation sites is 1. The van der Waals surface area contributed by atoms with Gasteiger partial charge in [0.15, 0.2) is 0 Å². The lowest BCUT2D eigenvalue weighted by Gasteiger charge is -2.27. The molecule has 1 aromatic heterocycles. The molecular weight excluding hydrogens is 348 g/mol. The molecule has 1 aromatic carbocycles. The number of halogens is 1. The fraction of sp³-hybridized carbons (Fsp3) is 0.438. The van der Waals surface area contributed by atoms with E-state index in [0.717, 1.165) is 19.6 Å². The third-order valence-corrected chi connectivity index (χ3v) is 4.80. The number of H-pyrrole nitrogens is 1. The summed E-state index contributed by atoms with van der Waals surface area (Å²) in [6, 6.07) is 7.29. The maximum Gasteiger partial charge on any atom is 0.258 e. The van der Waals surface area contributed by atoms with Crippen LogP contribution in [0.3, 0.4) is 0 Å². The quantitative estimate of drug-likeness (QED) is 0.641. The van der Waals surface area contributed by atoms with Crippen LogP contribution in [0, 0.1) is 5.92 Å². The second-order valence-electron chi connectivity index (χ2n) is 5.66. The fourth-order valence-corrected chi connectivity index (χ4v) is 3.18.